The fraction of sp³-hybridized carbons (Fsp3) is 0.200. The number of hydrogen-bond donors (Lipinski definition) is 6. The summed E-state index contributed by atoms with van der Waals surface area (Å²) in [7, 11) is -4.95. The average molecular weight is 356 g/mol. The van der Waals surface area contributed by atoms with E-state index in [4.69, 9.17) is 9.79 Å². The van der Waals surface area contributed by atoms with Crippen molar-refractivity contribution in [2.24, 2.45) is 0 Å². The van der Waals surface area contributed by atoms with Gasteiger partial charge in [-0.25, -0.2) is 4.57 Å². The minimum atomic E-state index is -4.95. The van der Waals surface area contributed by atoms with Crippen molar-refractivity contribution in [3.8, 4) is 17.2 Å². The van der Waals surface area contributed by atoms with E-state index >= 15 is 0 Å². The molecule has 0 unspecified atom stereocenters. The van der Waals surface area contributed by atoms with Gasteiger partial charge in [0.05, 0.1) is 5.56 Å². The molecule has 0 aliphatic rings. The molecule has 2 rings (SSSR count). The lowest BCUT2D eigenvalue weighted by Crippen LogP contribution is -2.26. The summed E-state index contributed by atoms with van der Waals surface area (Å²) in [4.78, 5) is 17.8. The summed E-state index contributed by atoms with van der Waals surface area (Å²) in [6.07, 6.45) is 0.00355. The second-order valence-electron chi connectivity index (χ2n) is 5.25. The lowest BCUT2D eigenvalue weighted by molar-refractivity contribution is -0.174. The van der Waals surface area contributed by atoms with E-state index in [1.165, 1.54) is 12.1 Å². The number of phosphoric acid groups is 1. The van der Waals surface area contributed by atoms with Gasteiger partial charge < -0.3 is 24.9 Å². The van der Waals surface area contributed by atoms with Gasteiger partial charge >= 0.3 is 7.82 Å². The molecule has 9 heteroatoms. The van der Waals surface area contributed by atoms with Crippen molar-refractivity contribution in [3.63, 3.8) is 0 Å². The Labute approximate surface area is 137 Å². The largest absolute Gasteiger partial charge is 0.524 e. The number of aryl methyl sites for hydroxylation is 1. The zero-order chi connectivity index (χ0) is 18.0. The Balaban J connectivity index is 2.24. The number of aromatic hydroxyl groups is 2. The lowest BCUT2D eigenvalue weighted by atomic mass is 9.97. The first-order chi connectivity index (χ1) is 11.1. The van der Waals surface area contributed by atoms with Gasteiger partial charge in [-0.3, -0.25) is 9.79 Å². The van der Waals surface area contributed by atoms with Crippen LogP contribution in [0.4, 0.5) is 0 Å². The van der Waals surface area contributed by atoms with Gasteiger partial charge in [-0.2, -0.15) is 0 Å². The van der Waals surface area contributed by atoms with E-state index in [-0.39, 0.29) is 29.9 Å². The third-order valence-corrected chi connectivity index (χ3v) is 3.75. The van der Waals surface area contributed by atoms with Crippen LogP contribution in [0.1, 0.15) is 17.5 Å². The highest BCUT2D eigenvalue weighted by atomic mass is 31.2. The molecule has 0 saturated heterocycles. The predicted molar refractivity (Wildman–Crippen MR) is 83.3 cm³/mol. The van der Waals surface area contributed by atoms with Gasteiger partial charge in [0.2, 0.25) is 0 Å². The van der Waals surface area contributed by atoms with Gasteiger partial charge in [0.25, 0.3) is 0 Å². The van der Waals surface area contributed by atoms with Crippen molar-refractivity contribution < 1.29 is 39.3 Å². The number of phenols is 2. The van der Waals surface area contributed by atoms with E-state index in [0.717, 1.165) is 23.8 Å². The van der Waals surface area contributed by atoms with Crippen LogP contribution in [-0.4, -0.2) is 30.2 Å². The molecule has 0 spiro atoms. The quantitative estimate of drug-likeness (QED) is 0.336. The Hall–Kier alpha value is -2.09. The van der Waals surface area contributed by atoms with Crippen molar-refractivity contribution >= 4 is 7.82 Å². The molecule has 0 aromatic heterocycles. The molecule has 0 radical (unpaired) electrons. The minimum Gasteiger partial charge on any atom is -0.508 e. The number of rotatable bonds is 6. The highest BCUT2D eigenvalue weighted by Crippen LogP contribution is 2.43. The molecule has 0 fully saturated rings. The van der Waals surface area contributed by atoms with Crippen LogP contribution in [0.3, 0.4) is 0 Å². The summed E-state index contributed by atoms with van der Waals surface area (Å²) >= 11 is 0. The first kappa shape index (κ1) is 18.3. The molecule has 24 heavy (non-hydrogen) atoms. The second kappa shape index (κ2) is 6.80. The highest BCUT2D eigenvalue weighted by molar-refractivity contribution is 7.46. The van der Waals surface area contributed by atoms with Gasteiger partial charge in [0.1, 0.15) is 17.2 Å². The zero-order valence-electron chi connectivity index (χ0n) is 12.4. The molecule has 0 aliphatic carbocycles. The lowest BCUT2D eigenvalue weighted by Gasteiger charge is -2.25. The first-order valence-electron chi connectivity index (χ1n) is 6.88. The molecule has 0 bridgehead atoms. The Bertz CT molecular complexity index is 751. The monoisotopic (exact) mass is 356 g/mol. The number of phosphoric ester groups is 1. The third kappa shape index (κ3) is 4.95. The van der Waals surface area contributed by atoms with Crippen LogP contribution in [0.15, 0.2) is 42.5 Å². The summed E-state index contributed by atoms with van der Waals surface area (Å²) in [5.41, 5.74) is 0.430. The van der Waals surface area contributed by atoms with Crippen LogP contribution < -0.4 is 4.52 Å². The Kier molecular flexibility index (Phi) is 5.17. The predicted octanol–water partition coefficient (Wildman–Crippen LogP) is 1.34. The zero-order valence-corrected chi connectivity index (χ0v) is 13.3. The molecule has 0 amide bonds. The molecule has 0 atom stereocenters. The standard InChI is InChI=1S/C15H17O8P/c16-11-3-1-10(2-4-11)7-8-15(18,19)13-6-5-12(17)9-14(13)23-24(20,21)22/h1-6,9,16-19H,7-8H2,(H2,20,21,22). The number of phenolic OH excluding ortho intramolecular Hbond substituents is 2. The summed E-state index contributed by atoms with van der Waals surface area (Å²) in [6, 6.07) is 9.25. The molecular formula is C15H17O8P. The van der Waals surface area contributed by atoms with Crippen molar-refractivity contribution in [1.29, 1.82) is 0 Å². The molecule has 0 heterocycles. The van der Waals surface area contributed by atoms with Gasteiger partial charge in [-0.1, -0.05) is 12.1 Å². The normalized spacial score (nSPS) is 12.2. The van der Waals surface area contributed by atoms with Gasteiger partial charge in [-0.05, 0) is 36.2 Å². The third-order valence-electron chi connectivity index (χ3n) is 3.31. The maximum absolute atomic E-state index is 11.0. The van der Waals surface area contributed by atoms with E-state index in [0.29, 0.717) is 0 Å². The van der Waals surface area contributed by atoms with Crippen LogP contribution in [-0.2, 0) is 16.8 Å². The van der Waals surface area contributed by atoms with Crippen LogP contribution in [0.25, 0.3) is 0 Å². The fourth-order valence-electron chi connectivity index (χ4n) is 2.16. The van der Waals surface area contributed by atoms with Gasteiger partial charge in [-0.15, -0.1) is 0 Å². The topological polar surface area (TPSA) is 148 Å². The van der Waals surface area contributed by atoms with E-state index in [9.17, 15) is 25.0 Å². The van der Waals surface area contributed by atoms with E-state index in [1.54, 1.807) is 12.1 Å². The molecule has 0 saturated carbocycles. The van der Waals surface area contributed by atoms with Crippen LogP contribution in [0.2, 0.25) is 0 Å². The van der Waals surface area contributed by atoms with Crippen LogP contribution in [0, 0.1) is 0 Å². The maximum atomic E-state index is 11.0. The van der Waals surface area contributed by atoms with E-state index in [1.807, 2.05) is 0 Å². The SMILES string of the molecule is O=P(O)(O)Oc1cc(O)ccc1C(O)(O)CCc1ccc(O)cc1. The van der Waals surface area contributed by atoms with Crippen molar-refractivity contribution in [2.45, 2.75) is 18.6 Å². The molecule has 6 N–H and O–H groups in total. The summed E-state index contributed by atoms with van der Waals surface area (Å²) < 4.78 is 15.4. The maximum Gasteiger partial charge on any atom is 0.524 e. The van der Waals surface area contributed by atoms with Crippen molar-refractivity contribution in [3.05, 3.63) is 53.6 Å². The number of hydrogen-bond acceptors (Lipinski definition) is 6. The molecule has 2 aromatic rings. The van der Waals surface area contributed by atoms with Crippen molar-refractivity contribution in [2.75, 3.05) is 0 Å². The molecule has 8 nitrogen and oxygen atoms in total. The van der Waals surface area contributed by atoms with Gasteiger partial charge in [0.15, 0.2) is 5.79 Å². The highest BCUT2D eigenvalue weighted by Gasteiger charge is 2.32. The fourth-order valence-corrected chi connectivity index (χ4v) is 2.57. The second-order valence-corrected chi connectivity index (χ2v) is 6.41. The number of benzene rings is 2. The number of aliphatic hydroxyl groups is 2. The van der Waals surface area contributed by atoms with Gasteiger partial charge in [0, 0.05) is 12.5 Å². The molecule has 130 valence electrons. The molecule has 2 aromatic carbocycles. The summed E-state index contributed by atoms with van der Waals surface area (Å²) in [5.74, 6) is -3.25. The molecular weight excluding hydrogens is 339 g/mol. The van der Waals surface area contributed by atoms with Crippen LogP contribution in [0.5, 0.6) is 17.2 Å². The van der Waals surface area contributed by atoms with Crippen molar-refractivity contribution in [1.82, 2.24) is 0 Å². The summed E-state index contributed by atoms with van der Waals surface area (Å²) in [6.45, 7) is 0. The smallest absolute Gasteiger partial charge is 0.508 e. The minimum absolute atomic E-state index is 0.0777. The summed E-state index contributed by atoms with van der Waals surface area (Å²) in [5, 5.41) is 39.2. The Morgan fingerprint density at radius 3 is 2.12 bits per heavy atom. The first-order valence-corrected chi connectivity index (χ1v) is 8.41. The molecule has 0 aliphatic heterocycles. The van der Waals surface area contributed by atoms with Crippen LogP contribution >= 0.6 is 7.82 Å². The average Bonchev–Trinajstić information content (AvgIpc) is 2.45. The van der Waals surface area contributed by atoms with E-state index in [2.05, 4.69) is 4.52 Å². The van der Waals surface area contributed by atoms with E-state index < -0.39 is 19.4 Å². The Morgan fingerprint density at radius 2 is 1.54 bits per heavy atom. The Morgan fingerprint density at radius 1 is 0.958 bits per heavy atom.